The van der Waals surface area contributed by atoms with Crippen LogP contribution in [0.2, 0.25) is 0 Å². The molecule has 6 nitrogen and oxygen atoms in total. The summed E-state index contributed by atoms with van der Waals surface area (Å²) in [5, 5.41) is 13.3. The van der Waals surface area contributed by atoms with Crippen molar-refractivity contribution >= 4 is 11.9 Å². The lowest BCUT2D eigenvalue weighted by Gasteiger charge is -2.42. The predicted octanol–water partition coefficient (Wildman–Crippen LogP) is 3.65. The number of urea groups is 1. The van der Waals surface area contributed by atoms with Gasteiger partial charge in [0.25, 0.3) is 5.91 Å². The molecule has 1 aromatic rings. The number of aliphatic hydroxyl groups is 1. The van der Waals surface area contributed by atoms with Crippen molar-refractivity contribution in [3.05, 3.63) is 29.8 Å². The number of β-amino-alcohol motifs (C(OH)–C–C–N with tert-alkyl or cyclic N) is 1. The summed E-state index contributed by atoms with van der Waals surface area (Å²) < 4.78 is 5.58. The summed E-state index contributed by atoms with van der Waals surface area (Å²) in [6.45, 7) is 8.72. The summed E-state index contributed by atoms with van der Waals surface area (Å²) in [5.41, 5.74) is 0.574. The fourth-order valence-electron chi connectivity index (χ4n) is 4.45. The predicted molar refractivity (Wildman–Crippen MR) is 112 cm³/mol. The first-order valence-corrected chi connectivity index (χ1v) is 10.7. The normalized spacial score (nSPS) is 26.0. The van der Waals surface area contributed by atoms with E-state index < -0.39 is 17.7 Å². The van der Waals surface area contributed by atoms with E-state index in [-0.39, 0.29) is 24.5 Å². The van der Waals surface area contributed by atoms with Crippen molar-refractivity contribution in [2.75, 3.05) is 13.2 Å². The number of aliphatic hydroxyl groups excluding tert-OH is 1. The minimum Gasteiger partial charge on any atom is -0.491 e. The minimum atomic E-state index is -0.934. The van der Waals surface area contributed by atoms with Crippen molar-refractivity contribution in [1.29, 1.82) is 0 Å². The smallest absolute Gasteiger partial charge is 0.325 e. The first-order valence-electron chi connectivity index (χ1n) is 10.7. The second kappa shape index (κ2) is 8.34. The SMILES string of the molecule is CCC(C)(C)C1CCC2(CC1)NC(=O)N(CC(O)COc1ccc(C)cc1)C2=O. The number of imide groups is 1. The fourth-order valence-corrected chi connectivity index (χ4v) is 4.45. The molecule has 160 valence electrons. The third-order valence-electron chi connectivity index (χ3n) is 6.96. The highest BCUT2D eigenvalue weighted by atomic mass is 16.5. The molecule has 1 unspecified atom stereocenters. The molecule has 1 aliphatic carbocycles. The van der Waals surface area contributed by atoms with Gasteiger partial charge >= 0.3 is 6.03 Å². The first kappa shape index (κ1) is 21.6. The number of nitrogens with one attached hydrogen (secondary N) is 1. The summed E-state index contributed by atoms with van der Waals surface area (Å²) in [6, 6.07) is 7.12. The molecule has 0 bridgehead atoms. The molecular formula is C23H34N2O4. The van der Waals surface area contributed by atoms with Gasteiger partial charge < -0.3 is 15.2 Å². The van der Waals surface area contributed by atoms with Gasteiger partial charge in [-0.05, 0) is 56.1 Å². The van der Waals surface area contributed by atoms with Crippen LogP contribution >= 0.6 is 0 Å². The van der Waals surface area contributed by atoms with E-state index in [0.717, 1.165) is 29.7 Å². The molecule has 0 radical (unpaired) electrons. The third kappa shape index (κ3) is 4.58. The number of hydrogen-bond donors (Lipinski definition) is 2. The number of hydrogen-bond acceptors (Lipinski definition) is 4. The van der Waals surface area contributed by atoms with Gasteiger partial charge in [0.2, 0.25) is 0 Å². The van der Waals surface area contributed by atoms with Gasteiger partial charge in [0.05, 0.1) is 6.54 Å². The molecule has 1 spiro atoms. The van der Waals surface area contributed by atoms with E-state index in [0.29, 0.717) is 24.5 Å². The Hall–Kier alpha value is -2.08. The summed E-state index contributed by atoms with van der Waals surface area (Å²) in [7, 11) is 0. The Labute approximate surface area is 173 Å². The van der Waals surface area contributed by atoms with Gasteiger partial charge in [-0.1, -0.05) is 44.9 Å². The maximum absolute atomic E-state index is 13.1. The van der Waals surface area contributed by atoms with Crippen LogP contribution in [0.3, 0.4) is 0 Å². The highest BCUT2D eigenvalue weighted by Crippen LogP contribution is 2.45. The van der Waals surface area contributed by atoms with Gasteiger partial charge in [-0.3, -0.25) is 9.69 Å². The standard InChI is InChI=1S/C23H34N2O4/c1-5-22(3,4)17-10-12-23(13-11-17)20(27)25(21(28)24-23)14-18(26)15-29-19-8-6-16(2)7-9-19/h6-9,17-18,26H,5,10-15H2,1-4H3,(H,24,28). The van der Waals surface area contributed by atoms with Crippen LogP contribution in [0, 0.1) is 18.3 Å². The molecule has 6 heteroatoms. The number of rotatable bonds is 7. The molecule has 29 heavy (non-hydrogen) atoms. The van der Waals surface area contributed by atoms with Crippen molar-refractivity contribution in [1.82, 2.24) is 10.2 Å². The fraction of sp³-hybridized carbons (Fsp3) is 0.652. The number of carbonyl (C=O) groups is 2. The molecule has 1 aliphatic heterocycles. The molecular weight excluding hydrogens is 368 g/mol. The Morgan fingerprint density at radius 3 is 2.45 bits per heavy atom. The Balaban J connectivity index is 1.56. The molecule has 3 amide bonds. The highest BCUT2D eigenvalue weighted by Gasteiger charge is 2.53. The lowest BCUT2D eigenvalue weighted by atomic mass is 9.65. The monoisotopic (exact) mass is 402 g/mol. The number of benzene rings is 1. The zero-order chi connectivity index (χ0) is 21.2. The van der Waals surface area contributed by atoms with Crippen LogP contribution in [0.25, 0.3) is 0 Å². The number of carbonyl (C=O) groups excluding carboxylic acids is 2. The van der Waals surface area contributed by atoms with Gasteiger partial charge in [-0.15, -0.1) is 0 Å². The summed E-state index contributed by atoms with van der Waals surface area (Å²) >= 11 is 0. The van der Waals surface area contributed by atoms with Crippen LogP contribution in [0.4, 0.5) is 4.79 Å². The van der Waals surface area contributed by atoms with Crippen molar-refractivity contribution < 1.29 is 19.4 Å². The van der Waals surface area contributed by atoms with Crippen LogP contribution in [-0.4, -0.2) is 46.7 Å². The maximum atomic E-state index is 13.1. The quantitative estimate of drug-likeness (QED) is 0.683. The van der Waals surface area contributed by atoms with Gasteiger partial charge in [-0.25, -0.2) is 4.79 Å². The van der Waals surface area contributed by atoms with Gasteiger partial charge in [0.1, 0.15) is 24.0 Å². The van der Waals surface area contributed by atoms with E-state index in [1.54, 1.807) is 0 Å². The molecule has 3 rings (SSSR count). The molecule has 2 fully saturated rings. The Morgan fingerprint density at radius 1 is 1.24 bits per heavy atom. The Morgan fingerprint density at radius 2 is 1.86 bits per heavy atom. The van der Waals surface area contributed by atoms with Crippen molar-refractivity contribution in [3.8, 4) is 5.75 Å². The number of amides is 3. The zero-order valence-electron chi connectivity index (χ0n) is 18.0. The van der Waals surface area contributed by atoms with Gasteiger partial charge in [-0.2, -0.15) is 0 Å². The number of nitrogens with zero attached hydrogens (tertiary/aromatic N) is 1. The number of ether oxygens (including phenoxy) is 1. The molecule has 1 aromatic carbocycles. The van der Waals surface area contributed by atoms with Crippen LogP contribution < -0.4 is 10.1 Å². The Kier molecular flexibility index (Phi) is 6.22. The zero-order valence-corrected chi connectivity index (χ0v) is 18.0. The van der Waals surface area contributed by atoms with E-state index in [2.05, 4.69) is 26.1 Å². The van der Waals surface area contributed by atoms with Gasteiger partial charge in [0.15, 0.2) is 0 Å². The first-order chi connectivity index (χ1) is 13.7. The van der Waals surface area contributed by atoms with Gasteiger partial charge in [0, 0.05) is 0 Å². The average Bonchev–Trinajstić information content (AvgIpc) is 2.92. The second-order valence-electron chi connectivity index (χ2n) is 9.32. The maximum Gasteiger partial charge on any atom is 0.325 e. The minimum absolute atomic E-state index is 0.0277. The largest absolute Gasteiger partial charge is 0.491 e. The topological polar surface area (TPSA) is 78.9 Å². The second-order valence-corrected chi connectivity index (χ2v) is 9.32. The van der Waals surface area contributed by atoms with E-state index >= 15 is 0 Å². The van der Waals surface area contributed by atoms with E-state index in [9.17, 15) is 14.7 Å². The third-order valence-corrected chi connectivity index (χ3v) is 6.96. The average molecular weight is 403 g/mol. The van der Waals surface area contributed by atoms with Crippen LogP contribution in [0.1, 0.15) is 58.4 Å². The van der Waals surface area contributed by atoms with E-state index in [4.69, 9.17) is 4.74 Å². The molecule has 1 saturated carbocycles. The summed E-state index contributed by atoms with van der Waals surface area (Å²) in [6.07, 6.45) is 3.36. The molecule has 1 atom stereocenters. The van der Waals surface area contributed by atoms with E-state index in [1.165, 1.54) is 0 Å². The van der Waals surface area contributed by atoms with Crippen molar-refractivity contribution in [3.63, 3.8) is 0 Å². The summed E-state index contributed by atoms with van der Waals surface area (Å²) in [5.74, 6) is 1.01. The van der Waals surface area contributed by atoms with Crippen LogP contribution in [0.5, 0.6) is 5.75 Å². The number of aryl methyl sites for hydroxylation is 1. The van der Waals surface area contributed by atoms with Crippen molar-refractivity contribution in [2.45, 2.75) is 71.4 Å². The van der Waals surface area contributed by atoms with E-state index in [1.807, 2.05) is 31.2 Å². The summed E-state index contributed by atoms with van der Waals surface area (Å²) in [4.78, 5) is 26.7. The molecule has 0 aromatic heterocycles. The van der Waals surface area contributed by atoms with Crippen molar-refractivity contribution in [2.24, 2.45) is 11.3 Å². The highest BCUT2D eigenvalue weighted by molar-refractivity contribution is 6.07. The molecule has 1 heterocycles. The molecule has 2 aliphatic rings. The van der Waals surface area contributed by atoms with Crippen LogP contribution in [-0.2, 0) is 4.79 Å². The molecule has 2 N–H and O–H groups in total. The lowest BCUT2D eigenvalue weighted by molar-refractivity contribution is -0.134. The van der Waals surface area contributed by atoms with Crippen LogP contribution in [0.15, 0.2) is 24.3 Å². The lowest BCUT2D eigenvalue weighted by Crippen LogP contribution is -2.51. The molecule has 1 saturated heterocycles. The Bertz CT molecular complexity index is 736.